The van der Waals surface area contributed by atoms with Crippen molar-refractivity contribution >= 4 is 11.3 Å². The van der Waals surface area contributed by atoms with Crippen LogP contribution in [0.4, 0.5) is 4.39 Å². The first-order valence-electron chi connectivity index (χ1n) is 6.75. The molecule has 2 nitrogen and oxygen atoms in total. The van der Waals surface area contributed by atoms with E-state index in [1.807, 2.05) is 36.4 Å². The minimum absolute atomic E-state index is 0.211. The van der Waals surface area contributed by atoms with Crippen LogP contribution in [0.3, 0.4) is 0 Å². The van der Waals surface area contributed by atoms with Crippen molar-refractivity contribution in [1.29, 1.82) is 0 Å². The molecule has 0 radical (unpaired) electrons. The number of nitrogens with zero attached hydrogens (tertiary/aromatic N) is 1. The third-order valence-corrected chi connectivity index (χ3v) is 4.29. The Kier molecular flexibility index (Phi) is 4.08. The highest BCUT2D eigenvalue weighted by atomic mass is 32.1. The summed E-state index contributed by atoms with van der Waals surface area (Å²) in [6.07, 6.45) is 0.666. The van der Waals surface area contributed by atoms with Crippen LogP contribution in [0, 0.1) is 5.82 Å². The molecule has 0 aliphatic heterocycles. The van der Waals surface area contributed by atoms with Crippen LogP contribution in [-0.4, -0.2) is 4.98 Å². The SMILES string of the molecule is NCc1nc(-c2ccccc2)c(Cc2cccc(F)c2)s1. The summed E-state index contributed by atoms with van der Waals surface area (Å²) in [5.74, 6) is -0.211. The van der Waals surface area contributed by atoms with Crippen molar-refractivity contribution in [1.82, 2.24) is 4.98 Å². The molecule has 21 heavy (non-hydrogen) atoms. The fourth-order valence-electron chi connectivity index (χ4n) is 2.26. The van der Waals surface area contributed by atoms with Crippen LogP contribution in [0.15, 0.2) is 54.6 Å². The molecule has 2 N–H and O–H groups in total. The fourth-order valence-corrected chi connectivity index (χ4v) is 3.27. The minimum atomic E-state index is -0.211. The highest BCUT2D eigenvalue weighted by molar-refractivity contribution is 7.12. The lowest BCUT2D eigenvalue weighted by Gasteiger charge is -2.03. The molecule has 0 amide bonds. The van der Waals surface area contributed by atoms with E-state index in [4.69, 9.17) is 5.73 Å². The summed E-state index contributed by atoms with van der Waals surface area (Å²) >= 11 is 1.60. The molecule has 0 saturated carbocycles. The van der Waals surface area contributed by atoms with Gasteiger partial charge in [0.1, 0.15) is 10.8 Å². The number of nitrogens with two attached hydrogens (primary N) is 1. The fraction of sp³-hybridized carbons (Fsp3) is 0.118. The Morgan fingerprint density at radius 3 is 2.57 bits per heavy atom. The van der Waals surface area contributed by atoms with E-state index in [1.165, 1.54) is 6.07 Å². The van der Waals surface area contributed by atoms with E-state index in [1.54, 1.807) is 23.5 Å². The second-order valence-corrected chi connectivity index (χ2v) is 5.92. The van der Waals surface area contributed by atoms with Gasteiger partial charge in [-0.1, -0.05) is 42.5 Å². The molecule has 1 heterocycles. The maximum atomic E-state index is 13.3. The van der Waals surface area contributed by atoms with E-state index in [-0.39, 0.29) is 5.82 Å². The number of hydrogen-bond donors (Lipinski definition) is 1. The zero-order valence-electron chi connectivity index (χ0n) is 11.4. The minimum Gasteiger partial charge on any atom is -0.325 e. The number of thiazole rings is 1. The average Bonchev–Trinajstić information content (AvgIpc) is 2.91. The lowest BCUT2D eigenvalue weighted by atomic mass is 10.1. The van der Waals surface area contributed by atoms with Crippen molar-refractivity contribution in [3.05, 3.63) is 75.9 Å². The van der Waals surface area contributed by atoms with Crippen LogP contribution in [0.1, 0.15) is 15.4 Å². The zero-order chi connectivity index (χ0) is 14.7. The van der Waals surface area contributed by atoms with E-state index in [0.717, 1.165) is 26.7 Å². The Bertz CT molecular complexity index is 738. The number of aromatic nitrogens is 1. The zero-order valence-corrected chi connectivity index (χ0v) is 12.2. The number of halogens is 1. The van der Waals surface area contributed by atoms with Crippen molar-refractivity contribution in [3.63, 3.8) is 0 Å². The molecule has 0 aliphatic rings. The Morgan fingerprint density at radius 2 is 1.86 bits per heavy atom. The van der Waals surface area contributed by atoms with Gasteiger partial charge in [-0.05, 0) is 17.7 Å². The largest absolute Gasteiger partial charge is 0.325 e. The summed E-state index contributed by atoms with van der Waals surface area (Å²) in [6, 6.07) is 16.7. The highest BCUT2D eigenvalue weighted by Crippen LogP contribution is 2.30. The number of hydrogen-bond acceptors (Lipinski definition) is 3. The van der Waals surface area contributed by atoms with Crippen LogP contribution >= 0.6 is 11.3 Å². The Hall–Kier alpha value is -2.04. The van der Waals surface area contributed by atoms with Gasteiger partial charge in [-0.15, -0.1) is 11.3 Å². The molecule has 3 aromatic rings. The molecule has 3 rings (SSSR count). The summed E-state index contributed by atoms with van der Waals surface area (Å²) in [7, 11) is 0. The van der Waals surface area contributed by atoms with Crippen molar-refractivity contribution in [2.45, 2.75) is 13.0 Å². The molecule has 0 bridgehead atoms. The number of benzene rings is 2. The van der Waals surface area contributed by atoms with Gasteiger partial charge in [0, 0.05) is 23.4 Å². The molecule has 4 heteroatoms. The molecule has 0 unspecified atom stereocenters. The summed E-state index contributed by atoms with van der Waals surface area (Å²) in [5, 5.41) is 0.903. The summed E-state index contributed by atoms with van der Waals surface area (Å²) in [6.45, 7) is 0.424. The number of rotatable bonds is 4. The van der Waals surface area contributed by atoms with Crippen molar-refractivity contribution in [2.75, 3.05) is 0 Å². The average molecular weight is 298 g/mol. The molecule has 0 spiro atoms. The third kappa shape index (κ3) is 3.17. The lowest BCUT2D eigenvalue weighted by molar-refractivity contribution is 0.626. The van der Waals surface area contributed by atoms with E-state index < -0.39 is 0 Å². The van der Waals surface area contributed by atoms with E-state index in [0.29, 0.717) is 13.0 Å². The normalized spacial score (nSPS) is 10.8. The monoisotopic (exact) mass is 298 g/mol. The molecular weight excluding hydrogens is 283 g/mol. The summed E-state index contributed by atoms with van der Waals surface area (Å²) < 4.78 is 13.3. The lowest BCUT2D eigenvalue weighted by Crippen LogP contribution is -1.94. The van der Waals surface area contributed by atoms with E-state index >= 15 is 0 Å². The molecule has 2 aromatic carbocycles. The molecule has 0 saturated heterocycles. The van der Waals surface area contributed by atoms with Crippen LogP contribution in [0.5, 0.6) is 0 Å². The highest BCUT2D eigenvalue weighted by Gasteiger charge is 2.13. The van der Waals surface area contributed by atoms with E-state index in [2.05, 4.69) is 4.98 Å². The first-order valence-corrected chi connectivity index (χ1v) is 7.56. The van der Waals surface area contributed by atoms with Gasteiger partial charge in [0.15, 0.2) is 0 Å². The standard InChI is InChI=1S/C17H15FN2S/c18-14-8-4-5-12(9-14)10-15-17(20-16(11-19)21-15)13-6-2-1-3-7-13/h1-9H,10-11,19H2. The van der Waals surface area contributed by atoms with Crippen molar-refractivity contribution in [3.8, 4) is 11.3 Å². The van der Waals surface area contributed by atoms with Gasteiger partial charge >= 0.3 is 0 Å². The first kappa shape index (κ1) is 13.9. The quantitative estimate of drug-likeness (QED) is 0.790. The van der Waals surface area contributed by atoms with Crippen LogP contribution < -0.4 is 5.73 Å². The van der Waals surface area contributed by atoms with Crippen molar-refractivity contribution < 1.29 is 4.39 Å². The second-order valence-electron chi connectivity index (χ2n) is 4.76. The molecule has 1 aromatic heterocycles. The van der Waals surface area contributed by atoms with Crippen LogP contribution in [0.25, 0.3) is 11.3 Å². The molecular formula is C17H15FN2S. The van der Waals surface area contributed by atoms with Gasteiger partial charge in [0.2, 0.25) is 0 Å². The summed E-state index contributed by atoms with van der Waals surface area (Å²) in [5.41, 5.74) is 8.68. The predicted molar refractivity (Wildman–Crippen MR) is 84.6 cm³/mol. The van der Waals surface area contributed by atoms with Gasteiger partial charge in [-0.25, -0.2) is 9.37 Å². The summed E-state index contributed by atoms with van der Waals surface area (Å²) in [4.78, 5) is 5.74. The van der Waals surface area contributed by atoms with E-state index in [9.17, 15) is 4.39 Å². The van der Waals surface area contributed by atoms with Gasteiger partial charge < -0.3 is 5.73 Å². The van der Waals surface area contributed by atoms with Gasteiger partial charge in [-0.2, -0.15) is 0 Å². The van der Waals surface area contributed by atoms with Gasteiger partial charge in [0.25, 0.3) is 0 Å². The van der Waals surface area contributed by atoms with Gasteiger partial charge in [-0.3, -0.25) is 0 Å². The van der Waals surface area contributed by atoms with Crippen LogP contribution in [-0.2, 0) is 13.0 Å². The topological polar surface area (TPSA) is 38.9 Å². The van der Waals surface area contributed by atoms with Gasteiger partial charge in [0.05, 0.1) is 5.69 Å². The smallest absolute Gasteiger partial charge is 0.123 e. The maximum absolute atomic E-state index is 13.3. The Balaban J connectivity index is 2.00. The van der Waals surface area contributed by atoms with Crippen LogP contribution in [0.2, 0.25) is 0 Å². The molecule has 0 atom stereocenters. The third-order valence-electron chi connectivity index (χ3n) is 3.22. The Morgan fingerprint density at radius 1 is 1.05 bits per heavy atom. The second kappa shape index (κ2) is 6.16. The van der Waals surface area contributed by atoms with Crippen molar-refractivity contribution in [2.24, 2.45) is 5.73 Å². The molecule has 0 fully saturated rings. The first-order chi connectivity index (χ1) is 10.3. The maximum Gasteiger partial charge on any atom is 0.123 e. The Labute approximate surface area is 127 Å². The molecule has 106 valence electrons. The molecule has 0 aliphatic carbocycles. The predicted octanol–water partition coefficient (Wildman–Crippen LogP) is 4.00.